The van der Waals surface area contributed by atoms with Crippen LogP contribution in [-0.2, 0) is 0 Å². The van der Waals surface area contributed by atoms with Gasteiger partial charge in [-0.3, -0.25) is 4.79 Å². The molecule has 0 saturated carbocycles. The fourth-order valence-electron chi connectivity index (χ4n) is 3.17. The molecule has 0 atom stereocenters. The molecular formula is C22H16FN3O2. The molecule has 138 valence electrons. The van der Waals surface area contributed by atoms with E-state index in [1.807, 2.05) is 36.4 Å². The lowest BCUT2D eigenvalue weighted by Gasteiger charge is -2.12. The van der Waals surface area contributed by atoms with Gasteiger partial charge in [0.1, 0.15) is 18.6 Å². The van der Waals surface area contributed by atoms with E-state index >= 15 is 0 Å². The number of hydrogen-bond donors (Lipinski definition) is 0. The zero-order chi connectivity index (χ0) is 19.7. The number of nitrogens with zero attached hydrogens (tertiary/aromatic N) is 3. The molecule has 0 radical (unpaired) electrons. The van der Waals surface area contributed by atoms with E-state index in [4.69, 9.17) is 0 Å². The zero-order valence-electron chi connectivity index (χ0n) is 15.0. The van der Waals surface area contributed by atoms with Gasteiger partial charge in [-0.05, 0) is 36.4 Å². The predicted molar refractivity (Wildman–Crippen MR) is 107 cm³/mol. The topological polar surface area (TPSA) is 61.0 Å². The second-order valence-electron chi connectivity index (χ2n) is 6.35. The molecule has 5 nitrogen and oxygen atoms in total. The van der Waals surface area contributed by atoms with Crippen LogP contribution in [0, 0.1) is 11.0 Å². The highest BCUT2D eigenvalue weighted by atomic mass is 19.1. The molecule has 0 amide bonds. The molecule has 4 aromatic rings. The van der Waals surface area contributed by atoms with Crippen molar-refractivity contribution in [3.63, 3.8) is 0 Å². The van der Waals surface area contributed by atoms with E-state index in [1.54, 1.807) is 12.1 Å². The van der Waals surface area contributed by atoms with Crippen molar-refractivity contribution >= 4 is 17.0 Å². The molecular weight excluding hydrogens is 357 g/mol. The average Bonchev–Trinajstić information content (AvgIpc) is 2.70. The molecule has 1 aromatic heterocycles. The molecule has 3 aromatic carbocycles. The lowest BCUT2D eigenvalue weighted by molar-refractivity contribution is -0.416. The van der Waals surface area contributed by atoms with E-state index in [0.717, 1.165) is 10.3 Å². The normalized spacial score (nSPS) is 11.7. The number of hydrogen-bond acceptors (Lipinski definition) is 3. The molecule has 1 heterocycles. The number of hydroxylamine groups is 1. The quantitative estimate of drug-likeness (QED) is 0.238. The van der Waals surface area contributed by atoms with Gasteiger partial charge in [0.2, 0.25) is 0 Å². The van der Waals surface area contributed by atoms with Crippen molar-refractivity contribution in [2.75, 3.05) is 7.05 Å². The number of aromatic nitrogens is 2. The predicted octanol–water partition coefficient (Wildman–Crippen LogP) is 3.75. The Morgan fingerprint density at radius 1 is 0.964 bits per heavy atom. The molecule has 0 N–H and O–H groups in total. The molecule has 0 spiro atoms. The summed E-state index contributed by atoms with van der Waals surface area (Å²) in [5, 5.41) is 17.3. The third kappa shape index (κ3) is 3.16. The Kier molecular flexibility index (Phi) is 4.45. The molecule has 0 aliphatic heterocycles. The number of benzene rings is 3. The van der Waals surface area contributed by atoms with Crippen molar-refractivity contribution < 1.29 is 9.13 Å². The summed E-state index contributed by atoms with van der Waals surface area (Å²) in [5.41, 5.74) is 2.13. The summed E-state index contributed by atoms with van der Waals surface area (Å²) in [4.78, 5) is 13.0. The van der Waals surface area contributed by atoms with Crippen molar-refractivity contribution in [2.24, 2.45) is 0 Å². The average molecular weight is 373 g/mol. The monoisotopic (exact) mass is 373 g/mol. The van der Waals surface area contributed by atoms with Gasteiger partial charge in [0.05, 0.1) is 11.1 Å². The van der Waals surface area contributed by atoms with Crippen LogP contribution in [0.15, 0.2) is 77.6 Å². The molecule has 0 saturated heterocycles. The van der Waals surface area contributed by atoms with Crippen molar-refractivity contribution in [3.8, 4) is 16.9 Å². The van der Waals surface area contributed by atoms with Crippen LogP contribution in [0.25, 0.3) is 27.7 Å². The van der Waals surface area contributed by atoms with Crippen molar-refractivity contribution in [1.82, 2.24) is 9.78 Å². The lowest BCUT2D eigenvalue weighted by atomic mass is 10.0. The van der Waals surface area contributed by atoms with Gasteiger partial charge in [0.25, 0.3) is 5.56 Å². The minimum Gasteiger partial charge on any atom is -0.624 e. The zero-order valence-corrected chi connectivity index (χ0v) is 15.0. The van der Waals surface area contributed by atoms with Gasteiger partial charge in [0, 0.05) is 16.5 Å². The van der Waals surface area contributed by atoms with Crippen LogP contribution in [0.3, 0.4) is 0 Å². The van der Waals surface area contributed by atoms with Crippen LogP contribution in [0.5, 0.6) is 0 Å². The van der Waals surface area contributed by atoms with Gasteiger partial charge in [-0.2, -0.15) is 9.78 Å². The van der Waals surface area contributed by atoms with Gasteiger partial charge in [-0.25, -0.2) is 9.13 Å². The molecule has 4 rings (SSSR count). The van der Waals surface area contributed by atoms with Crippen molar-refractivity contribution in [3.05, 3.63) is 99.7 Å². The first-order valence-electron chi connectivity index (χ1n) is 8.67. The van der Waals surface area contributed by atoms with Crippen molar-refractivity contribution in [1.29, 1.82) is 0 Å². The minimum atomic E-state index is -0.392. The van der Waals surface area contributed by atoms with Gasteiger partial charge in [-0.1, -0.05) is 36.4 Å². The fraction of sp³-hybridized carbons (Fsp3) is 0.0455. The van der Waals surface area contributed by atoms with Gasteiger partial charge >= 0.3 is 0 Å². The Balaban J connectivity index is 2.08. The number of halogens is 1. The molecule has 0 aliphatic carbocycles. The SMILES string of the molecule is C/[N+]([O-])=C/c1ccccc1-c1nn(-c2ccc(F)cc2)c(=O)c2ccccc12. The summed E-state index contributed by atoms with van der Waals surface area (Å²) in [5.74, 6) is -0.392. The van der Waals surface area contributed by atoms with E-state index in [-0.39, 0.29) is 5.56 Å². The highest BCUT2D eigenvalue weighted by Crippen LogP contribution is 2.27. The van der Waals surface area contributed by atoms with E-state index < -0.39 is 5.82 Å². The van der Waals surface area contributed by atoms with Crippen LogP contribution in [0.4, 0.5) is 4.39 Å². The summed E-state index contributed by atoms with van der Waals surface area (Å²) < 4.78 is 15.3. The Hall–Kier alpha value is -3.80. The van der Waals surface area contributed by atoms with Gasteiger partial charge < -0.3 is 5.21 Å². The maximum Gasteiger partial charge on any atom is 0.279 e. The Bertz CT molecular complexity index is 1260. The van der Waals surface area contributed by atoms with Crippen LogP contribution >= 0.6 is 0 Å². The Morgan fingerprint density at radius 3 is 2.32 bits per heavy atom. The number of fused-ring (bicyclic) bond motifs is 1. The highest BCUT2D eigenvalue weighted by molar-refractivity contribution is 5.98. The molecule has 0 unspecified atom stereocenters. The largest absolute Gasteiger partial charge is 0.624 e. The summed E-state index contributed by atoms with van der Waals surface area (Å²) >= 11 is 0. The summed E-state index contributed by atoms with van der Waals surface area (Å²) in [6.45, 7) is 0. The fourth-order valence-corrected chi connectivity index (χ4v) is 3.17. The molecule has 0 fully saturated rings. The highest BCUT2D eigenvalue weighted by Gasteiger charge is 2.16. The summed E-state index contributed by atoms with van der Waals surface area (Å²) in [7, 11) is 1.40. The van der Waals surface area contributed by atoms with E-state index in [0.29, 0.717) is 27.7 Å². The van der Waals surface area contributed by atoms with Crippen LogP contribution in [0.1, 0.15) is 5.56 Å². The smallest absolute Gasteiger partial charge is 0.279 e. The second kappa shape index (κ2) is 7.08. The van der Waals surface area contributed by atoms with Crippen LogP contribution < -0.4 is 5.56 Å². The first kappa shape index (κ1) is 17.6. The molecule has 28 heavy (non-hydrogen) atoms. The van der Waals surface area contributed by atoms with Gasteiger partial charge in [0.15, 0.2) is 6.21 Å². The standard InChI is InChI=1S/C22H16FN3O2/c1-25(28)14-15-6-2-3-7-18(15)21-19-8-4-5-9-20(19)22(27)26(24-21)17-12-10-16(23)11-13-17/h2-14H,1H3/b25-14-. The molecule has 0 aliphatic rings. The minimum absolute atomic E-state index is 0.298. The molecule has 6 heteroatoms. The third-order valence-corrected chi connectivity index (χ3v) is 4.41. The lowest BCUT2D eigenvalue weighted by Crippen LogP contribution is -2.22. The van der Waals surface area contributed by atoms with E-state index in [1.165, 1.54) is 42.2 Å². The summed E-state index contributed by atoms with van der Waals surface area (Å²) in [6, 6.07) is 20.1. The third-order valence-electron chi connectivity index (χ3n) is 4.41. The Labute approximate surface area is 160 Å². The second-order valence-corrected chi connectivity index (χ2v) is 6.35. The van der Waals surface area contributed by atoms with Gasteiger partial charge in [-0.15, -0.1) is 0 Å². The summed E-state index contributed by atoms with van der Waals surface area (Å²) in [6.07, 6.45) is 1.46. The number of rotatable bonds is 3. The first-order chi connectivity index (χ1) is 13.5. The Morgan fingerprint density at radius 2 is 1.61 bits per heavy atom. The van der Waals surface area contributed by atoms with Crippen molar-refractivity contribution in [2.45, 2.75) is 0 Å². The maximum atomic E-state index is 13.3. The van der Waals surface area contributed by atoms with E-state index in [9.17, 15) is 14.4 Å². The van der Waals surface area contributed by atoms with Crippen LogP contribution in [-0.4, -0.2) is 27.8 Å². The first-order valence-corrected chi connectivity index (χ1v) is 8.67. The maximum absolute atomic E-state index is 13.3. The van der Waals surface area contributed by atoms with Crippen LogP contribution in [0.2, 0.25) is 0 Å². The molecule has 0 bridgehead atoms. The van der Waals surface area contributed by atoms with E-state index in [2.05, 4.69) is 5.10 Å².